The Kier molecular flexibility index (Phi) is 2.38. The minimum absolute atomic E-state index is 0.234. The number of amides is 2. The zero-order valence-electron chi connectivity index (χ0n) is 10.1. The number of carbonyl (C=O) groups is 2. The highest BCUT2D eigenvalue weighted by molar-refractivity contribution is 6.10. The fourth-order valence-corrected chi connectivity index (χ4v) is 2.68. The Morgan fingerprint density at radius 2 is 2.17 bits per heavy atom. The van der Waals surface area contributed by atoms with E-state index >= 15 is 0 Å². The van der Waals surface area contributed by atoms with Crippen molar-refractivity contribution in [2.24, 2.45) is 5.92 Å². The van der Waals surface area contributed by atoms with E-state index in [0.717, 1.165) is 17.9 Å². The van der Waals surface area contributed by atoms with Crippen molar-refractivity contribution in [2.45, 2.75) is 26.2 Å². The third kappa shape index (κ3) is 1.44. The summed E-state index contributed by atoms with van der Waals surface area (Å²) in [6.45, 7) is 1.67. The van der Waals surface area contributed by atoms with E-state index in [1.54, 1.807) is 13.0 Å². The maximum atomic E-state index is 12.4. The number of carbonyl (C=O) groups excluding carboxylic acids is 2. The van der Waals surface area contributed by atoms with Crippen LogP contribution in [-0.4, -0.2) is 27.0 Å². The van der Waals surface area contributed by atoms with Gasteiger partial charge in [-0.15, -0.1) is 0 Å². The standard InChI is InChI=1S/C13H14N2O3/c1-8-6-9-7-14(18)11-5-3-2-4-10(11)13(17)15(9)12(8)16/h5-7,10,18H,2-4H2,1H3. The lowest BCUT2D eigenvalue weighted by atomic mass is 9.91. The Morgan fingerprint density at radius 1 is 1.39 bits per heavy atom. The van der Waals surface area contributed by atoms with Gasteiger partial charge in [-0.25, -0.2) is 9.96 Å². The Bertz CT molecular complexity index is 530. The van der Waals surface area contributed by atoms with Gasteiger partial charge in [-0.05, 0) is 32.3 Å². The normalized spacial score (nSPS) is 27.2. The number of allylic oxidation sites excluding steroid dienone is 2. The summed E-state index contributed by atoms with van der Waals surface area (Å²) in [5.41, 5.74) is 1.55. The van der Waals surface area contributed by atoms with Crippen molar-refractivity contribution in [3.05, 3.63) is 35.3 Å². The molecule has 1 aliphatic carbocycles. The minimum atomic E-state index is -0.416. The van der Waals surface area contributed by atoms with E-state index in [1.165, 1.54) is 11.1 Å². The molecular formula is C13H14N2O3. The topological polar surface area (TPSA) is 60.9 Å². The third-order valence-electron chi connectivity index (χ3n) is 3.61. The summed E-state index contributed by atoms with van der Waals surface area (Å²) in [7, 11) is 0. The molecule has 0 aromatic heterocycles. The van der Waals surface area contributed by atoms with Crippen molar-refractivity contribution in [3.8, 4) is 0 Å². The van der Waals surface area contributed by atoms with Gasteiger partial charge < -0.3 is 0 Å². The van der Waals surface area contributed by atoms with Crippen LogP contribution in [-0.2, 0) is 9.59 Å². The van der Waals surface area contributed by atoms with Crippen LogP contribution in [0.2, 0.25) is 0 Å². The second-order valence-electron chi connectivity index (χ2n) is 4.82. The molecule has 5 heteroatoms. The van der Waals surface area contributed by atoms with Gasteiger partial charge in [0.15, 0.2) is 0 Å². The van der Waals surface area contributed by atoms with Crippen molar-refractivity contribution < 1.29 is 14.8 Å². The van der Waals surface area contributed by atoms with Gasteiger partial charge in [-0.1, -0.05) is 6.08 Å². The quantitative estimate of drug-likeness (QED) is 0.658. The molecule has 0 aromatic rings. The van der Waals surface area contributed by atoms with E-state index < -0.39 is 5.92 Å². The molecular weight excluding hydrogens is 232 g/mol. The molecule has 18 heavy (non-hydrogen) atoms. The molecule has 2 aliphatic heterocycles. The van der Waals surface area contributed by atoms with Gasteiger partial charge in [-0.2, -0.15) is 0 Å². The molecule has 1 unspecified atom stereocenters. The molecule has 1 N–H and O–H groups in total. The van der Waals surface area contributed by atoms with E-state index in [1.807, 2.05) is 6.08 Å². The van der Waals surface area contributed by atoms with Gasteiger partial charge in [0.2, 0.25) is 5.91 Å². The molecule has 2 amide bonds. The molecule has 5 nitrogen and oxygen atoms in total. The maximum Gasteiger partial charge on any atom is 0.260 e. The Balaban J connectivity index is 2.10. The van der Waals surface area contributed by atoms with E-state index in [2.05, 4.69) is 0 Å². The highest BCUT2D eigenvalue weighted by Crippen LogP contribution is 2.35. The molecule has 0 saturated heterocycles. The first-order chi connectivity index (χ1) is 8.59. The molecule has 3 rings (SSSR count). The molecule has 0 fully saturated rings. The van der Waals surface area contributed by atoms with Crippen LogP contribution in [0.1, 0.15) is 26.2 Å². The monoisotopic (exact) mass is 246 g/mol. The first-order valence-corrected chi connectivity index (χ1v) is 6.06. The first-order valence-electron chi connectivity index (χ1n) is 6.06. The fourth-order valence-electron chi connectivity index (χ4n) is 2.68. The van der Waals surface area contributed by atoms with Gasteiger partial charge in [0, 0.05) is 5.57 Å². The molecule has 0 bridgehead atoms. The molecule has 0 radical (unpaired) electrons. The highest BCUT2D eigenvalue weighted by Gasteiger charge is 2.41. The summed E-state index contributed by atoms with van der Waals surface area (Å²) in [4.78, 5) is 25.6. The third-order valence-corrected chi connectivity index (χ3v) is 3.61. The molecule has 0 saturated carbocycles. The van der Waals surface area contributed by atoms with E-state index in [9.17, 15) is 14.8 Å². The number of rotatable bonds is 0. The van der Waals surface area contributed by atoms with Crippen LogP contribution in [0.25, 0.3) is 0 Å². The summed E-state index contributed by atoms with van der Waals surface area (Å²) >= 11 is 0. The summed E-state index contributed by atoms with van der Waals surface area (Å²) in [6.07, 6.45) is 7.35. The van der Waals surface area contributed by atoms with Crippen LogP contribution in [0.15, 0.2) is 35.3 Å². The Morgan fingerprint density at radius 3 is 2.94 bits per heavy atom. The van der Waals surface area contributed by atoms with Crippen LogP contribution >= 0.6 is 0 Å². The highest BCUT2D eigenvalue weighted by atomic mass is 16.5. The minimum Gasteiger partial charge on any atom is -0.284 e. The summed E-state index contributed by atoms with van der Waals surface area (Å²) in [6, 6.07) is 0. The maximum absolute atomic E-state index is 12.4. The second-order valence-corrected chi connectivity index (χ2v) is 4.82. The largest absolute Gasteiger partial charge is 0.284 e. The number of imide groups is 1. The van der Waals surface area contributed by atoms with Crippen molar-refractivity contribution in [3.63, 3.8) is 0 Å². The van der Waals surface area contributed by atoms with Crippen LogP contribution in [0, 0.1) is 5.92 Å². The predicted octanol–water partition coefficient (Wildman–Crippen LogP) is 1.53. The smallest absolute Gasteiger partial charge is 0.260 e. The van der Waals surface area contributed by atoms with Crippen molar-refractivity contribution in [2.75, 3.05) is 0 Å². The second kappa shape index (κ2) is 3.81. The molecule has 1 atom stereocenters. The lowest BCUT2D eigenvalue weighted by Gasteiger charge is -2.26. The van der Waals surface area contributed by atoms with Crippen molar-refractivity contribution in [1.82, 2.24) is 9.96 Å². The van der Waals surface area contributed by atoms with Crippen molar-refractivity contribution >= 4 is 11.8 Å². The molecule has 94 valence electrons. The van der Waals surface area contributed by atoms with Gasteiger partial charge >= 0.3 is 0 Å². The molecule has 2 heterocycles. The van der Waals surface area contributed by atoms with Gasteiger partial charge in [0.05, 0.1) is 23.5 Å². The fraction of sp³-hybridized carbons (Fsp3) is 0.385. The molecule has 3 aliphatic rings. The number of hydroxylamine groups is 2. The van der Waals surface area contributed by atoms with Gasteiger partial charge in [-0.3, -0.25) is 14.8 Å². The first kappa shape index (κ1) is 11.2. The van der Waals surface area contributed by atoms with Crippen molar-refractivity contribution in [1.29, 1.82) is 0 Å². The van der Waals surface area contributed by atoms with Crippen LogP contribution in [0.3, 0.4) is 0 Å². The number of nitrogens with zero attached hydrogens (tertiary/aromatic N) is 2. The molecule has 0 aromatic carbocycles. The number of fused-ring (bicyclic) bond motifs is 2. The Labute approximate surface area is 105 Å². The predicted molar refractivity (Wildman–Crippen MR) is 62.7 cm³/mol. The molecule has 0 spiro atoms. The number of hydrogen-bond donors (Lipinski definition) is 1. The zero-order valence-corrected chi connectivity index (χ0v) is 10.1. The van der Waals surface area contributed by atoms with Gasteiger partial charge in [0.25, 0.3) is 5.91 Å². The average Bonchev–Trinajstić information content (AvgIpc) is 2.58. The van der Waals surface area contributed by atoms with Gasteiger partial charge in [0.1, 0.15) is 0 Å². The van der Waals surface area contributed by atoms with E-state index in [4.69, 9.17) is 0 Å². The Hall–Kier alpha value is -1.88. The van der Waals surface area contributed by atoms with Crippen LogP contribution in [0.4, 0.5) is 0 Å². The summed E-state index contributed by atoms with van der Waals surface area (Å²) in [5.74, 6) is -0.936. The number of hydrogen-bond acceptors (Lipinski definition) is 4. The lowest BCUT2D eigenvalue weighted by molar-refractivity contribution is -0.141. The van der Waals surface area contributed by atoms with Crippen LogP contribution in [0.5, 0.6) is 0 Å². The summed E-state index contributed by atoms with van der Waals surface area (Å²) in [5, 5.41) is 11.0. The average molecular weight is 246 g/mol. The lowest BCUT2D eigenvalue weighted by Crippen LogP contribution is -2.38. The SMILES string of the molecule is CC1=CC2=CN(O)C3=CCCCC3C(=O)N2C1=O. The van der Waals surface area contributed by atoms with E-state index in [0.29, 0.717) is 23.4 Å². The summed E-state index contributed by atoms with van der Waals surface area (Å²) < 4.78 is 0. The zero-order chi connectivity index (χ0) is 12.9. The van der Waals surface area contributed by atoms with E-state index in [-0.39, 0.29) is 11.8 Å². The van der Waals surface area contributed by atoms with Crippen LogP contribution < -0.4 is 0 Å².